The average Bonchev–Trinajstić information content (AvgIpc) is 2.92. The summed E-state index contributed by atoms with van der Waals surface area (Å²) in [5, 5.41) is 11.4. The Morgan fingerprint density at radius 2 is 2.56 bits per heavy atom. The fourth-order valence-corrected chi connectivity index (χ4v) is 3.49. The summed E-state index contributed by atoms with van der Waals surface area (Å²) in [6.45, 7) is 0. The molecule has 3 atom stereocenters. The largest absolute Gasteiger partial charge is 0.481 e. The zero-order chi connectivity index (χ0) is 11.2. The van der Waals surface area contributed by atoms with Gasteiger partial charge in [-0.05, 0) is 19.3 Å². The lowest BCUT2D eigenvalue weighted by Gasteiger charge is -2.30. The number of fused-ring (bicyclic) bond motifs is 2. The van der Waals surface area contributed by atoms with Crippen LogP contribution in [0, 0.1) is 5.41 Å². The Kier molecular flexibility index (Phi) is 2.26. The Bertz CT molecular complexity index is 405. The summed E-state index contributed by atoms with van der Waals surface area (Å²) in [4.78, 5) is 15.7. The molecular formula is C11H13NO3S. The second kappa shape index (κ2) is 3.53. The lowest BCUT2D eigenvalue weighted by Crippen LogP contribution is -2.42. The molecule has 2 bridgehead atoms. The number of hydrogen-bond donors (Lipinski definition) is 1. The predicted octanol–water partition coefficient (Wildman–Crippen LogP) is 1.71. The highest BCUT2D eigenvalue weighted by Gasteiger charge is 2.57. The van der Waals surface area contributed by atoms with E-state index in [2.05, 4.69) is 4.98 Å². The molecule has 16 heavy (non-hydrogen) atoms. The van der Waals surface area contributed by atoms with Crippen molar-refractivity contribution in [2.75, 3.05) is 0 Å². The third-order valence-corrected chi connectivity index (χ3v) is 4.36. The van der Waals surface area contributed by atoms with Gasteiger partial charge in [0.15, 0.2) is 0 Å². The van der Waals surface area contributed by atoms with Crippen LogP contribution in [0.15, 0.2) is 10.9 Å². The molecule has 2 aliphatic heterocycles. The fourth-order valence-electron chi connectivity index (χ4n) is 2.93. The van der Waals surface area contributed by atoms with E-state index in [0.29, 0.717) is 12.8 Å². The van der Waals surface area contributed by atoms with E-state index < -0.39 is 11.4 Å². The standard InChI is InChI=1S/C11H13NO3S/c13-10(14)11(3-7-5-16-6-12-7)4-8-1-2-9(11)15-8/h5-6,8-9H,1-4H2,(H,13,14). The minimum Gasteiger partial charge on any atom is -0.481 e. The number of hydrogen-bond acceptors (Lipinski definition) is 4. The highest BCUT2D eigenvalue weighted by molar-refractivity contribution is 7.07. The number of thiazole rings is 1. The summed E-state index contributed by atoms with van der Waals surface area (Å²) < 4.78 is 5.69. The van der Waals surface area contributed by atoms with Crippen molar-refractivity contribution in [1.29, 1.82) is 0 Å². The van der Waals surface area contributed by atoms with Crippen LogP contribution in [-0.2, 0) is 16.0 Å². The van der Waals surface area contributed by atoms with Gasteiger partial charge < -0.3 is 9.84 Å². The maximum atomic E-state index is 11.5. The zero-order valence-electron chi connectivity index (χ0n) is 8.76. The lowest BCUT2D eigenvalue weighted by molar-refractivity contribution is -0.152. The SMILES string of the molecule is O=C(O)C1(Cc2cscn2)CC2CCC1O2. The van der Waals surface area contributed by atoms with E-state index in [1.165, 1.54) is 11.3 Å². The molecule has 1 N–H and O–H groups in total. The van der Waals surface area contributed by atoms with Gasteiger partial charge in [-0.2, -0.15) is 0 Å². The summed E-state index contributed by atoms with van der Waals surface area (Å²) in [6, 6.07) is 0. The van der Waals surface area contributed by atoms with E-state index in [1.807, 2.05) is 5.38 Å². The van der Waals surface area contributed by atoms with E-state index in [1.54, 1.807) is 5.51 Å². The van der Waals surface area contributed by atoms with Crippen LogP contribution in [0.1, 0.15) is 25.0 Å². The second-order valence-corrected chi connectivity index (χ2v) is 5.36. The first-order valence-corrected chi connectivity index (χ1v) is 6.41. The number of aliphatic carboxylic acids is 1. The fraction of sp³-hybridized carbons (Fsp3) is 0.636. The average molecular weight is 239 g/mol. The number of nitrogens with zero attached hydrogens (tertiary/aromatic N) is 1. The van der Waals surface area contributed by atoms with Crippen molar-refractivity contribution < 1.29 is 14.6 Å². The number of aromatic nitrogens is 1. The van der Waals surface area contributed by atoms with Gasteiger partial charge in [0.1, 0.15) is 5.41 Å². The van der Waals surface area contributed by atoms with Gasteiger partial charge in [0, 0.05) is 11.8 Å². The first kappa shape index (κ1) is 10.2. The Balaban J connectivity index is 1.89. The van der Waals surface area contributed by atoms with E-state index in [9.17, 15) is 9.90 Å². The van der Waals surface area contributed by atoms with Crippen molar-refractivity contribution in [2.24, 2.45) is 5.41 Å². The molecule has 0 radical (unpaired) electrons. The maximum Gasteiger partial charge on any atom is 0.312 e. The van der Waals surface area contributed by atoms with Gasteiger partial charge in [-0.3, -0.25) is 4.79 Å². The van der Waals surface area contributed by atoms with Crippen LogP contribution >= 0.6 is 11.3 Å². The van der Waals surface area contributed by atoms with Gasteiger partial charge in [0.05, 0.1) is 23.4 Å². The van der Waals surface area contributed by atoms with E-state index in [4.69, 9.17) is 4.74 Å². The highest BCUT2D eigenvalue weighted by Crippen LogP contribution is 2.49. The predicted molar refractivity (Wildman–Crippen MR) is 58.4 cm³/mol. The van der Waals surface area contributed by atoms with E-state index >= 15 is 0 Å². The van der Waals surface area contributed by atoms with Crippen LogP contribution in [0.5, 0.6) is 0 Å². The number of rotatable bonds is 3. The molecular weight excluding hydrogens is 226 g/mol. The maximum absolute atomic E-state index is 11.5. The van der Waals surface area contributed by atoms with Gasteiger partial charge in [-0.15, -0.1) is 11.3 Å². The molecule has 3 rings (SSSR count). The van der Waals surface area contributed by atoms with Crippen molar-refractivity contribution in [3.63, 3.8) is 0 Å². The molecule has 0 aliphatic carbocycles. The highest BCUT2D eigenvalue weighted by atomic mass is 32.1. The minimum absolute atomic E-state index is 0.114. The Morgan fingerprint density at radius 1 is 1.69 bits per heavy atom. The molecule has 5 heteroatoms. The second-order valence-electron chi connectivity index (χ2n) is 4.65. The van der Waals surface area contributed by atoms with Gasteiger partial charge in [-0.25, -0.2) is 4.98 Å². The molecule has 1 aromatic rings. The molecule has 4 nitrogen and oxygen atoms in total. The Labute approximate surface area is 97.3 Å². The van der Waals surface area contributed by atoms with Gasteiger partial charge >= 0.3 is 5.97 Å². The first-order valence-electron chi connectivity index (χ1n) is 5.47. The molecule has 1 aromatic heterocycles. The number of carboxylic acids is 1. The molecule has 0 spiro atoms. The van der Waals surface area contributed by atoms with Crippen molar-refractivity contribution >= 4 is 17.3 Å². The van der Waals surface area contributed by atoms with Crippen molar-refractivity contribution in [3.8, 4) is 0 Å². The summed E-state index contributed by atoms with van der Waals surface area (Å²) in [5.74, 6) is -0.729. The summed E-state index contributed by atoms with van der Waals surface area (Å²) in [7, 11) is 0. The molecule has 3 unspecified atom stereocenters. The van der Waals surface area contributed by atoms with Crippen LogP contribution < -0.4 is 0 Å². The van der Waals surface area contributed by atoms with Crippen molar-refractivity contribution in [3.05, 3.63) is 16.6 Å². The third-order valence-electron chi connectivity index (χ3n) is 3.72. The topological polar surface area (TPSA) is 59.4 Å². The van der Waals surface area contributed by atoms with E-state index in [-0.39, 0.29) is 12.2 Å². The minimum atomic E-state index is -0.729. The lowest BCUT2D eigenvalue weighted by atomic mass is 9.71. The Morgan fingerprint density at radius 3 is 3.06 bits per heavy atom. The molecule has 2 aliphatic rings. The van der Waals surface area contributed by atoms with Crippen LogP contribution in [-0.4, -0.2) is 28.3 Å². The molecule has 0 amide bonds. The number of ether oxygens (including phenoxy) is 1. The Hall–Kier alpha value is -0.940. The molecule has 0 saturated carbocycles. The normalized spacial score (nSPS) is 36.8. The smallest absolute Gasteiger partial charge is 0.312 e. The van der Waals surface area contributed by atoms with Crippen LogP contribution in [0.25, 0.3) is 0 Å². The summed E-state index contributed by atoms with van der Waals surface area (Å²) in [6.07, 6.45) is 3.08. The number of carboxylic acid groups (broad SMARTS) is 1. The van der Waals surface area contributed by atoms with Gasteiger partial charge in [0.2, 0.25) is 0 Å². The first-order chi connectivity index (χ1) is 7.71. The van der Waals surface area contributed by atoms with Crippen molar-refractivity contribution in [1.82, 2.24) is 4.98 Å². The van der Waals surface area contributed by atoms with Crippen LogP contribution in [0.2, 0.25) is 0 Å². The van der Waals surface area contributed by atoms with Crippen LogP contribution in [0.4, 0.5) is 0 Å². The number of carbonyl (C=O) groups is 1. The molecule has 2 fully saturated rings. The third kappa shape index (κ3) is 1.38. The monoisotopic (exact) mass is 239 g/mol. The summed E-state index contributed by atoms with van der Waals surface area (Å²) in [5.41, 5.74) is 1.90. The molecule has 86 valence electrons. The molecule has 0 aromatic carbocycles. The van der Waals surface area contributed by atoms with Gasteiger partial charge in [0.25, 0.3) is 0 Å². The zero-order valence-corrected chi connectivity index (χ0v) is 9.57. The van der Waals surface area contributed by atoms with Gasteiger partial charge in [-0.1, -0.05) is 0 Å². The molecule has 3 heterocycles. The van der Waals surface area contributed by atoms with E-state index in [0.717, 1.165) is 18.5 Å². The quantitative estimate of drug-likeness (QED) is 0.872. The van der Waals surface area contributed by atoms with Crippen LogP contribution in [0.3, 0.4) is 0 Å². The summed E-state index contributed by atoms with van der Waals surface area (Å²) >= 11 is 1.51. The van der Waals surface area contributed by atoms with Crippen molar-refractivity contribution in [2.45, 2.75) is 37.9 Å². The molecule has 2 saturated heterocycles.